The van der Waals surface area contributed by atoms with Crippen LogP contribution >= 0.6 is 0 Å². The molecule has 0 aliphatic rings. The first-order valence-corrected chi connectivity index (χ1v) is 7.01. The summed E-state index contributed by atoms with van der Waals surface area (Å²) < 4.78 is 17.1. The van der Waals surface area contributed by atoms with Gasteiger partial charge in [-0.2, -0.15) is 4.40 Å². The third-order valence-electron chi connectivity index (χ3n) is 2.34. The van der Waals surface area contributed by atoms with Crippen LogP contribution in [-0.4, -0.2) is 30.2 Å². The first-order valence-electron chi connectivity index (χ1n) is 5.91. The Hall–Kier alpha value is -1.82. The van der Waals surface area contributed by atoms with Crippen LogP contribution in [0.5, 0.6) is 0 Å². The Balaban J connectivity index is 2.15. The van der Waals surface area contributed by atoms with E-state index in [0.29, 0.717) is 5.69 Å². The highest BCUT2D eigenvalue weighted by atomic mass is 32.2. The van der Waals surface area contributed by atoms with Gasteiger partial charge in [0.25, 0.3) is 0 Å². The standard InChI is InChI=1S/C13H16N4OS/c1-13(2,3)19(18)14-9-11-10-17(16-15-11)12-7-5-4-6-8-12/h4-10H,1-3H3/b14-9+. The number of hydrogen-bond acceptors (Lipinski definition) is 3. The SMILES string of the molecule is CC(C)(C)S(=O)/N=C/c1cn(-c2ccccc2)nn1. The first-order chi connectivity index (χ1) is 8.97. The summed E-state index contributed by atoms with van der Waals surface area (Å²) >= 11 is 0. The number of hydrogen-bond donors (Lipinski definition) is 0. The van der Waals surface area contributed by atoms with E-state index in [9.17, 15) is 4.21 Å². The van der Waals surface area contributed by atoms with E-state index in [2.05, 4.69) is 14.7 Å². The van der Waals surface area contributed by atoms with Crippen molar-refractivity contribution >= 4 is 17.2 Å². The topological polar surface area (TPSA) is 60.1 Å². The maximum atomic E-state index is 11.8. The molecule has 0 radical (unpaired) electrons. The molecule has 100 valence electrons. The molecule has 0 aliphatic heterocycles. The minimum absolute atomic E-state index is 0.369. The van der Waals surface area contributed by atoms with Gasteiger partial charge in [-0.15, -0.1) is 5.10 Å². The fourth-order valence-electron chi connectivity index (χ4n) is 1.30. The summed E-state index contributed by atoms with van der Waals surface area (Å²) in [5, 5.41) is 7.98. The highest BCUT2D eigenvalue weighted by Crippen LogP contribution is 2.12. The lowest BCUT2D eigenvalue weighted by molar-refractivity contribution is 0.651. The molecule has 5 nitrogen and oxygen atoms in total. The van der Waals surface area contributed by atoms with Crippen LogP contribution < -0.4 is 0 Å². The van der Waals surface area contributed by atoms with Crippen molar-refractivity contribution in [1.82, 2.24) is 15.0 Å². The van der Waals surface area contributed by atoms with Gasteiger partial charge in [-0.25, -0.2) is 8.89 Å². The van der Waals surface area contributed by atoms with Gasteiger partial charge < -0.3 is 0 Å². The molecule has 0 aliphatic carbocycles. The van der Waals surface area contributed by atoms with Crippen LogP contribution in [0.4, 0.5) is 0 Å². The molecule has 6 heteroatoms. The number of rotatable bonds is 3. The Kier molecular flexibility index (Phi) is 3.90. The monoisotopic (exact) mass is 276 g/mol. The maximum Gasteiger partial charge on any atom is 0.144 e. The second-order valence-corrected chi connectivity index (χ2v) is 6.95. The number of benzene rings is 1. The van der Waals surface area contributed by atoms with Crippen molar-refractivity contribution in [1.29, 1.82) is 0 Å². The minimum atomic E-state index is -1.28. The molecule has 0 fully saturated rings. The summed E-state index contributed by atoms with van der Waals surface area (Å²) in [5.41, 5.74) is 1.51. The smallest absolute Gasteiger partial charge is 0.144 e. The number of aromatic nitrogens is 3. The van der Waals surface area contributed by atoms with Crippen molar-refractivity contribution in [2.24, 2.45) is 4.40 Å². The summed E-state index contributed by atoms with van der Waals surface area (Å²) in [6, 6.07) is 9.67. The van der Waals surface area contributed by atoms with Crippen LogP contribution in [0.1, 0.15) is 26.5 Å². The zero-order chi connectivity index (χ0) is 13.9. The van der Waals surface area contributed by atoms with Gasteiger partial charge in [0.15, 0.2) is 0 Å². The summed E-state index contributed by atoms with van der Waals surface area (Å²) in [6.07, 6.45) is 3.24. The van der Waals surface area contributed by atoms with Crippen LogP contribution in [0.15, 0.2) is 40.9 Å². The summed E-state index contributed by atoms with van der Waals surface area (Å²) in [7, 11) is -1.28. The lowest BCUT2D eigenvalue weighted by Gasteiger charge is -2.12. The van der Waals surface area contributed by atoms with Gasteiger partial charge in [-0.3, -0.25) is 0 Å². The summed E-state index contributed by atoms with van der Waals surface area (Å²) in [6.45, 7) is 5.63. The molecule has 1 heterocycles. The third-order valence-corrected chi connectivity index (χ3v) is 3.68. The highest BCUT2D eigenvalue weighted by molar-refractivity contribution is 7.85. The molecule has 0 saturated heterocycles. The van der Waals surface area contributed by atoms with E-state index < -0.39 is 11.0 Å². The van der Waals surface area contributed by atoms with Crippen molar-refractivity contribution in [2.45, 2.75) is 25.5 Å². The quantitative estimate of drug-likeness (QED) is 0.807. The Labute approximate surface area is 115 Å². The molecule has 0 N–H and O–H groups in total. The van der Waals surface area contributed by atoms with Gasteiger partial charge >= 0.3 is 0 Å². The molecular weight excluding hydrogens is 260 g/mol. The summed E-state index contributed by atoms with van der Waals surface area (Å²) in [5.74, 6) is 0. The largest absolute Gasteiger partial charge is 0.234 e. The number of para-hydroxylation sites is 1. The molecule has 2 rings (SSSR count). The molecule has 0 amide bonds. The normalized spacial score (nSPS) is 13.8. The molecule has 0 saturated carbocycles. The fourth-order valence-corrected chi connectivity index (χ4v) is 1.82. The minimum Gasteiger partial charge on any atom is -0.234 e. The molecule has 1 aromatic heterocycles. The lowest BCUT2D eigenvalue weighted by Crippen LogP contribution is -2.19. The molecule has 0 bridgehead atoms. The predicted molar refractivity (Wildman–Crippen MR) is 76.8 cm³/mol. The van der Waals surface area contributed by atoms with Crippen LogP contribution in [-0.2, 0) is 11.0 Å². The van der Waals surface area contributed by atoms with E-state index in [1.165, 1.54) is 6.21 Å². The first kappa shape index (κ1) is 13.6. The second-order valence-electron chi connectivity index (χ2n) is 5.02. The van der Waals surface area contributed by atoms with Gasteiger partial charge in [0.2, 0.25) is 0 Å². The van der Waals surface area contributed by atoms with Crippen molar-refractivity contribution < 1.29 is 4.21 Å². The van der Waals surface area contributed by atoms with Crippen LogP contribution in [0.3, 0.4) is 0 Å². The average Bonchev–Trinajstić information content (AvgIpc) is 2.84. The van der Waals surface area contributed by atoms with E-state index >= 15 is 0 Å². The van der Waals surface area contributed by atoms with Crippen molar-refractivity contribution in [3.63, 3.8) is 0 Å². The Bertz CT molecular complexity index is 599. The van der Waals surface area contributed by atoms with Gasteiger partial charge in [-0.1, -0.05) is 23.4 Å². The maximum absolute atomic E-state index is 11.8. The Morgan fingerprint density at radius 2 is 1.95 bits per heavy atom. The molecule has 1 atom stereocenters. The third kappa shape index (κ3) is 3.57. The van der Waals surface area contributed by atoms with Crippen LogP contribution in [0.25, 0.3) is 5.69 Å². The van der Waals surface area contributed by atoms with Crippen molar-refractivity contribution in [3.05, 3.63) is 42.2 Å². The molecule has 0 spiro atoms. The van der Waals surface area contributed by atoms with E-state index in [4.69, 9.17) is 0 Å². The Morgan fingerprint density at radius 1 is 1.26 bits per heavy atom. The van der Waals surface area contributed by atoms with E-state index in [-0.39, 0.29) is 4.75 Å². The zero-order valence-corrected chi connectivity index (χ0v) is 12.0. The van der Waals surface area contributed by atoms with Gasteiger partial charge in [0.1, 0.15) is 16.7 Å². The van der Waals surface area contributed by atoms with Crippen molar-refractivity contribution in [2.75, 3.05) is 0 Å². The molecule has 1 unspecified atom stereocenters. The Morgan fingerprint density at radius 3 is 2.58 bits per heavy atom. The lowest BCUT2D eigenvalue weighted by atomic mass is 10.3. The van der Waals surface area contributed by atoms with E-state index in [0.717, 1.165) is 5.69 Å². The molecule has 2 aromatic rings. The molecule has 1 aromatic carbocycles. The fraction of sp³-hybridized carbons (Fsp3) is 0.308. The van der Waals surface area contributed by atoms with Gasteiger partial charge in [-0.05, 0) is 32.9 Å². The van der Waals surface area contributed by atoms with E-state index in [1.54, 1.807) is 10.9 Å². The van der Waals surface area contributed by atoms with Gasteiger partial charge in [0.05, 0.1) is 22.8 Å². The van der Waals surface area contributed by atoms with E-state index in [1.807, 2.05) is 51.1 Å². The zero-order valence-electron chi connectivity index (χ0n) is 11.1. The van der Waals surface area contributed by atoms with Gasteiger partial charge in [0, 0.05) is 0 Å². The number of nitrogens with zero attached hydrogens (tertiary/aromatic N) is 4. The average molecular weight is 276 g/mol. The molecular formula is C13H16N4OS. The van der Waals surface area contributed by atoms with Crippen molar-refractivity contribution in [3.8, 4) is 5.69 Å². The highest BCUT2D eigenvalue weighted by Gasteiger charge is 2.18. The van der Waals surface area contributed by atoms with Crippen LogP contribution in [0.2, 0.25) is 0 Å². The summed E-state index contributed by atoms with van der Waals surface area (Å²) in [4.78, 5) is 0. The second kappa shape index (κ2) is 5.44. The predicted octanol–water partition coefficient (Wildman–Crippen LogP) is 2.15. The molecule has 19 heavy (non-hydrogen) atoms. The van der Waals surface area contributed by atoms with Crippen LogP contribution in [0, 0.1) is 0 Å².